The van der Waals surface area contributed by atoms with Gasteiger partial charge in [-0.3, -0.25) is 0 Å². The van der Waals surface area contributed by atoms with Crippen LogP contribution in [0.25, 0.3) is 0 Å². The Bertz CT molecular complexity index is 417. The molecule has 0 bridgehead atoms. The first-order chi connectivity index (χ1) is 6.84. The molecular formula is C10H9N3S. The largest absolute Gasteiger partial charge is 0.399 e. The van der Waals surface area contributed by atoms with Gasteiger partial charge in [-0.25, -0.2) is 9.97 Å². The fourth-order valence-corrected chi connectivity index (χ4v) is 1.89. The van der Waals surface area contributed by atoms with E-state index < -0.39 is 0 Å². The summed E-state index contributed by atoms with van der Waals surface area (Å²) < 4.78 is 0. The van der Waals surface area contributed by atoms with Crippen LogP contribution in [-0.2, 0) is 0 Å². The molecule has 70 valence electrons. The summed E-state index contributed by atoms with van der Waals surface area (Å²) in [7, 11) is 0. The Morgan fingerprint density at radius 3 is 2.57 bits per heavy atom. The Hall–Kier alpha value is -1.55. The standard InChI is InChI=1S/C10H9N3S/c11-8-2-1-3-9(4-8)14-10-5-12-7-13-6-10/h1-7H,11H2. The number of anilines is 1. The van der Waals surface area contributed by atoms with Gasteiger partial charge in [-0.1, -0.05) is 17.8 Å². The number of rotatable bonds is 2. The molecule has 0 atom stereocenters. The molecule has 0 aliphatic heterocycles. The van der Waals surface area contributed by atoms with Crippen LogP contribution >= 0.6 is 11.8 Å². The maximum Gasteiger partial charge on any atom is 0.115 e. The molecule has 0 saturated heterocycles. The normalized spacial score (nSPS) is 10.0. The molecule has 0 aliphatic carbocycles. The summed E-state index contributed by atoms with van der Waals surface area (Å²) in [5.41, 5.74) is 6.44. The van der Waals surface area contributed by atoms with Gasteiger partial charge in [-0.15, -0.1) is 0 Å². The van der Waals surface area contributed by atoms with Gasteiger partial charge in [0.15, 0.2) is 0 Å². The fourth-order valence-electron chi connectivity index (χ4n) is 1.05. The second-order valence-corrected chi connectivity index (χ2v) is 3.90. The third-order valence-electron chi connectivity index (χ3n) is 1.63. The minimum atomic E-state index is 0.770. The summed E-state index contributed by atoms with van der Waals surface area (Å²) in [6.45, 7) is 0. The zero-order chi connectivity index (χ0) is 9.80. The van der Waals surface area contributed by atoms with Crippen LogP contribution in [0.1, 0.15) is 0 Å². The Labute approximate surface area is 86.4 Å². The number of nitrogens with zero attached hydrogens (tertiary/aromatic N) is 2. The highest BCUT2D eigenvalue weighted by Crippen LogP contribution is 2.27. The minimum absolute atomic E-state index is 0.770. The predicted octanol–water partition coefficient (Wildman–Crippen LogP) is 2.21. The van der Waals surface area contributed by atoms with E-state index in [1.807, 2.05) is 24.3 Å². The van der Waals surface area contributed by atoms with E-state index in [2.05, 4.69) is 9.97 Å². The number of nitrogens with two attached hydrogens (primary N) is 1. The first kappa shape index (κ1) is 9.02. The molecule has 4 heteroatoms. The summed E-state index contributed by atoms with van der Waals surface area (Å²) in [4.78, 5) is 9.99. The second kappa shape index (κ2) is 4.11. The van der Waals surface area contributed by atoms with Gasteiger partial charge >= 0.3 is 0 Å². The molecule has 2 N–H and O–H groups in total. The first-order valence-corrected chi connectivity index (χ1v) is 4.94. The van der Waals surface area contributed by atoms with Gasteiger partial charge in [0.2, 0.25) is 0 Å². The molecule has 0 radical (unpaired) electrons. The highest BCUT2D eigenvalue weighted by molar-refractivity contribution is 7.99. The van der Waals surface area contributed by atoms with Crippen molar-refractivity contribution in [3.05, 3.63) is 43.0 Å². The van der Waals surface area contributed by atoms with Gasteiger partial charge in [-0.2, -0.15) is 0 Å². The molecule has 1 aromatic heterocycles. The van der Waals surface area contributed by atoms with E-state index in [1.54, 1.807) is 24.2 Å². The van der Waals surface area contributed by atoms with E-state index in [0.717, 1.165) is 15.5 Å². The lowest BCUT2D eigenvalue weighted by atomic mass is 10.3. The minimum Gasteiger partial charge on any atom is -0.399 e. The van der Waals surface area contributed by atoms with Crippen molar-refractivity contribution in [3.63, 3.8) is 0 Å². The van der Waals surface area contributed by atoms with Crippen LogP contribution in [0.3, 0.4) is 0 Å². The number of hydrogen-bond acceptors (Lipinski definition) is 4. The average Bonchev–Trinajstić information content (AvgIpc) is 2.19. The number of benzene rings is 1. The monoisotopic (exact) mass is 203 g/mol. The van der Waals surface area contributed by atoms with Gasteiger partial charge in [0.25, 0.3) is 0 Å². The summed E-state index contributed by atoms with van der Waals surface area (Å²) in [6.07, 6.45) is 5.07. The molecule has 0 saturated carbocycles. The van der Waals surface area contributed by atoms with Crippen LogP contribution < -0.4 is 5.73 Å². The molecule has 0 spiro atoms. The lowest BCUT2D eigenvalue weighted by Gasteiger charge is -2.00. The lowest BCUT2D eigenvalue weighted by Crippen LogP contribution is -1.84. The molecule has 14 heavy (non-hydrogen) atoms. The summed E-state index contributed by atoms with van der Waals surface area (Å²) in [6, 6.07) is 7.73. The van der Waals surface area contributed by atoms with Crippen molar-refractivity contribution in [1.82, 2.24) is 9.97 Å². The number of hydrogen-bond donors (Lipinski definition) is 1. The highest BCUT2D eigenvalue weighted by atomic mass is 32.2. The van der Waals surface area contributed by atoms with E-state index in [1.165, 1.54) is 6.33 Å². The maximum atomic E-state index is 5.67. The average molecular weight is 203 g/mol. The SMILES string of the molecule is Nc1cccc(Sc2cncnc2)c1. The molecule has 2 rings (SSSR count). The van der Waals surface area contributed by atoms with Gasteiger partial charge in [0, 0.05) is 27.9 Å². The molecule has 0 unspecified atom stereocenters. The molecular weight excluding hydrogens is 194 g/mol. The van der Waals surface area contributed by atoms with Crippen molar-refractivity contribution in [2.45, 2.75) is 9.79 Å². The van der Waals surface area contributed by atoms with Crippen LogP contribution in [-0.4, -0.2) is 9.97 Å². The third kappa shape index (κ3) is 2.23. The van der Waals surface area contributed by atoms with Crippen molar-refractivity contribution in [2.24, 2.45) is 0 Å². The van der Waals surface area contributed by atoms with Crippen LogP contribution in [0, 0.1) is 0 Å². The quantitative estimate of drug-likeness (QED) is 0.760. The van der Waals surface area contributed by atoms with Crippen LogP contribution in [0.2, 0.25) is 0 Å². The third-order valence-corrected chi connectivity index (χ3v) is 2.57. The zero-order valence-corrected chi connectivity index (χ0v) is 8.24. The number of aromatic nitrogens is 2. The Kier molecular flexibility index (Phi) is 2.65. The second-order valence-electron chi connectivity index (χ2n) is 2.75. The summed E-state index contributed by atoms with van der Waals surface area (Å²) in [5, 5.41) is 0. The molecule has 3 nitrogen and oxygen atoms in total. The van der Waals surface area contributed by atoms with Crippen molar-refractivity contribution in [1.29, 1.82) is 0 Å². The zero-order valence-electron chi connectivity index (χ0n) is 7.42. The van der Waals surface area contributed by atoms with Gasteiger partial charge in [0.05, 0.1) is 0 Å². The molecule has 1 aromatic carbocycles. The molecule has 1 heterocycles. The first-order valence-electron chi connectivity index (χ1n) is 4.13. The fraction of sp³-hybridized carbons (Fsp3) is 0. The lowest BCUT2D eigenvalue weighted by molar-refractivity contribution is 1.10. The van der Waals surface area contributed by atoms with Crippen molar-refractivity contribution in [3.8, 4) is 0 Å². The van der Waals surface area contributed by atoms with E-state index in [0.29, 0.717) is 0 Å². The van der Waals surface area contributed by atoms with Gasteiger partial charge < -0.3 is 5.73 Å². The van der Waals surface area contributed by atoms with Crippen LogP contribution in [0.4, 0.5) is 5.69 Å². The topological polar surface area (TPSA) is 51.8 Å². The molecule has 0 fully saturated rings. The maximum absolute atomic E-state index is 5.67. The predicted molar refractivity (Wildman–Crippen MR) is 57.0 cm³/mol. The van der Waals surface area contributed by atoms with E-state index >= 15 is 0 Å². The van der Waals surface area contributed by atoms with Crippen LogP contribution in [0.15, 0.2) is 52.8 Å². The summed E-state index contributed by atoms with van der Waals surface area (Å²) >= 11 is 1.60. The van der Waals surface area contributed by atoms with Crippen molar-refractivity contribution in [2.75, 3.05) is 5.73 Å². The molecule has 2 aromatic rings. The van der Waals surface area contributed by atoms with E-state index in [-0.39, 0.29) is 0 Å². The van der Waals surface area contributed by atoms with Crippen LogP contribution in [0.5, 0.6) is 0 Å². The molecule has 0 aliphatic rings. The van der Waals surface area contributed by atoms with Crippen molar-refractivity contribution < 1.29 is 0 Å². The van der Waals surface area contributed by atoms with Gasteiger partial charge in [-0.05, 0) is 18.2 Å². The van der Waals surface area contributed by atoms with E-state index in [9.17, 15) is 0 Å². The van der Waals surface area contributed by atoms with Crippen molar-refractivity contribution >= 4 is 17.4 Å². The van der Waals surface area contributed by atoms with E-state index in [4.69, 9.17) is 5.73 Å². The Morgan fingerprint density at radius 1 is 1.07 bits per heavy atom. The molecule has 0 amide bonds. The Morgan fingerprint density at radius 2 is 1.86 bits per heavy atom. The highest BCUT2D eigenvalue weighted by Gasteiger charge is 1.97. The summed E-state index contributed by atoms with van der Waals surface area (Å²) in [5.74, 6) is 0. The number of nitrogen functional groups attached to an aromatic ring is 1. The van der Waals surface area contributed by atoms with Gasteiger partial charge in [0.1, 0.15) is 6.33 Å². The smallest absolute Gasteiger partial charge is 0.115 e. The Balaban J connectivity index is 2.19.